The Kier molecular flexibility index (Phi) is 5.62. The predicted molar refractivity (Wildman–Crippen MR) is 86.1 cm³/mol. The predicted octanol–water partition coefficient (Wildman–Crippen LogP) is 4.09. The molecule has 0 aliphatic rings. The van der Waals surface area contributed by atoms with E-state index in [1.807, 2.05) is 36.4 Å². The van der Waals surface area contributed by atoms with E-state index in [-0.39, 0.29) is 5.91 Å². The van der Waals surface area contributed by atoms with Gasteiger partial charge in [0.15, 0.2) is 0 Å². The number of carbonyl (C=O) groups is 1. The summed E-state index contributed by atoms with van der Waals surface area (Å²) < 4.78 is 0. The van der Waals surface area contributed by atoms with Gasteiger partial charge >= 0.3 is 0 Å². The number of halogens is 2. The Bertz CT molecular complexity index is 601. The van der Waals surface area contributed by atoms with Crippen LogP contribution in [0.3, 0.4) is 0 Å². The molecular formula is C16H15BrClNO. The van der Waals surface area contributed by atoms with Crippen molar-refractivity contribution in [3.05, 3.63) is 70.2 Å². The highest BCUT2D eigenvalue weighted by molar-refractivity contribution is 9.08. The van der Waals surface area contributed by atoms with E-state index in [1.54, 1.807) is 6.07 Å². The Morgan fingerprint density at radius 2 is 1.75 bits per heavy atom. The third-order valence-corrected chi connectivity index (χ3v) is 3.77. The van der Waals surface area contributed by atoms with Crippen LogP contribution in [0, 0.1) is 0 Å². The minimum absolute atomic E-state index is 0.00323. The van der Waals surface area contributed by atoms with Gasteiger partial charge in [-0.25, -0.2) is 0 Å². The van der Waals surface area contributed by atoms with Crippen molar-refractivity contribution in [2.45, 2.75) is 18.3 Å². The van der Waals surface area contributed by atoms with Gasteiger partial charge in [-0.05, 0) is 28.8 Å². The fraction of sp³-hybridized carbons (Fsp3) is 0.188. The quantitative estimate of drug-likeness (QED) is 0.807. The zero-order valence-electron chi connectivity index (χ0n) is 10.9. The normalized spacial score (nSPS) is 10.3. The Balaban J connectivity index is 1.88. The molecule has 4 heteroatoms. The molecule has 0 aliphatic heterocycles. The first-order chi connectivity index (χ1) is 9.67. The van der Waals surface area contributed by atoms with Gasteiger partial charge in [-0.2, -0.15) is 0 Å². The molecule has 0 heterocycles. The molecule has 0 saturated heterocycles. The number of hydrogen-bond acceptors (Lipinski definition) is 1. The average Bonchev–Trinajstić information content (AvgIpc) is 2.45. The maximum atomic E-state index is 11.9. The molecule has 0 unspecified atom stereocenters. The monoisotopic (exact) mass is 351 g/mol. The van der Waals surface area contributed by atoms with Gasteiger partial charge in [0.25, 0.3) is 0 Å². The van der Waals surface area contributed by atoms with E-state index in [1.165, 1.54) is 5.56 Å². The molecule has 0 radical (unpaired) electrons. The molecule has 104 valence electrons. The molecule has 0 aromatic heterocycles. The Morgan fingerprint density at radius 3 is 2.50 bits per heavy atom. The third kappa shape index (κ3) is 4.66. The number of benzene rings is 2. The summed E-state index contributed by atoms with van der Waals surface area (Å²) in [6.45, 7) is 0.542. The smallest absolute Gasteiger partial charge is 0.224 e. The SMILES string of the molecule is O=C(Cc1cccc(Cl)c1)NCc1cccc(CBr)c1. The topological polar surface area (TPSA) is 29.1 Å². The van der Waals surface area contributed by atoms with E-state index in [4.69, 9.17) is 11.6 Å². The largest absolute Gasteiger partial charge is 0.352 e. The molecule has 2 nitrogen and oxygen atoms in total. The molecule has 0 bridgehead atoms. The van der Waals surface area contributed by atoms with Crippen molar-refractivity contribution in [3.63, 3.8) is 0 Å². The second-order valence-corrected chi connectivity index (χ2v) is 5.53. The highest BCUT2D eigenvalue weighted by atomic mass is 79.9. The van der Waals surface area contributed by atoms with Gasteiger partial charge in [-0.3, -0.25) is 4.79 Å². The molecule has 2 rings (SSSR count). The lowest BCUT2D eigenvalue weighted by Crippen LogP contribution is -2.24. The van der Waals surface area contributed by atoms with Gasteiger partial charge in [0.2, 0.25) is 5.91 Å². The van der Waals surface area contributed by atoms with Crippen molar-refractivity contribution in [1.29, 1.82) is 0 Å². The van der Waals surface area contributed by atoms with E-state index in [0.29, 0.717) is 18.0 Å². The second kappa shape index (κ2) is 7.46. The van der Waals surface area contributed by atoms with Crippen molar-refractivity contribution < 1.29 is 4.79 Å². The summed E-state index contributed by atoms with van der Waals surface area (Å²) in [4.78, 5) is 11.9. The Labute approximate surface area is 132 Å². The standard InChI is InChI=1S/C16H15BrClNO/c17-10-13-4-1-5-14(7-13)11-19-16(20)9-12-3-2-6-15(18)8-12/h1-8H,9-11H2,(H,19,20). The van der Waals surface area contributed by atoms with Gasteiger partial charge in [0.1, 0.15) is 0 Å². The summed E-state index contributed by atoms with van der Waals surface area (Å²) in [5, 5.41) is 4.39. The maximum absolute atomic E-state index is 11.9. The van der Waals surface area contributed by atoms with Crippen molar-refractivity contribution in [1.82, 2.24) is 5.32 Å². The number of amides is 1. The van der Waals surface area contributed by atoms with E-state index >= 15 is 0 Å². The summed E-state index contributed by atoms with van der Waals surface area (Å²) in [6, 6.07) is 15.5. The average molecular weight is 353 g/mol. The van der Waals surface area contributed by atoms with Gasteiger partial charge < -0.3 is 5.32 Å². The van der Waals surface area contributed by atoms with E-state index in [0.717, 1.165) is 16.5 Å². The minimum Gasteiger partial charge on any atom is -0.352 e. The first kappa shape index (κ1) is 15.1. The molecule has 20 heavy (non-hydrogen) atoms. The van der Waals surface area contributed by atoms with Crippen molar-refractivity contribution in [2.75, 3.05) is 0 Å². The Hall–Kier alpha value is -1.32. The van der Waals surface area contributed by atoms with Crippen LogP contribution in [-0.4, -0.2) is 5.91 Å². The third-order valence-electron chi connectivity index (χ3n) is 2.89. The van der Waals surface area contributed by atoms with E-state index in [9.17, 15) is 4.79 Å². The van der Waals surface area contributed by atoms with Gasteiger partial charge in [-0.15, -0.1) is 0 Å². The van der Waals surface area contributed by atoms with E-state index < -0.39 is 0 Å². The van der Waals surface area contributed by atoms with Crippen LogP contribution in [0.5, 0.6) is 0 Å². The van der Waals surface area contributed by atoms with Gasteiger partial charge in [-0.1, -0.05) is 63.9 Å². The van der Waals surface area contributed by atoms with Gasteiger partial charge in [0, 0.05) is 16.9 Å². The highest BCUT2D eigenvalue weighted by Gasteiger charge is 2.04. The molecule has 0 saturated carbocycles. The summed E-state index contributed by atoms with van der Waals surface area (Å²) >= 11 is 9.32. The number of carbonyl (C=O) groups excluding carboxylic acids is 1. The molecular weight excluding hydrogens is 338 g/mol. The number of alkyl halides is 1. The van der Waals surface area contributed by atoms with Crippen LogP contribution in [0.25, 0.3) is 0 Å². The van der Waals surface area contributed by atoms with E-state index in [2.05, 4.69) is 27.3 Å². The second-order valence-electron chi connectivity index (χ2n) is 4.54. The van der Waals surface area contributed by atoms with Crippen LogP contribution in [-0.2, 0) is 23.1 Å². The Morgan fingerprint density at radius 1 is 1.05 bits per heavy atom. The number of hydrogen-bond donors (Lipinski definition) is 1. The molecule has 2 aromatic rings. The lowest BCUT2D eigenvalue weighted by molar-refractivity contribution is -0.120. The maximum Gasteiger partial charge on any atom is 0.224 e. The summed E-state index contributed by atoms with van der Waals surface area (Å²) in [6.07, 6.45) is 0.346. The van der Waals surface area contributed by atoms with Crippen LogP contribution in [0.15, 0.2) is 48.5 Å². The van der Waals surface area contributed by atoms with Crippen molar-refractivity contribution in [3.8, 4) is 0 Å². The highest BCUT2D eigenvalue weighted by Crippen LogP contribution is 2.11. The first-order valence-electron chi connectivity index (χ1n) is 6.32. The fourth-order valence-electron chi connectivity index (χ4n) is 1.92. The molecule has 0 spiro atoms. The summed E-state index contributed by atoms with van der Waals surface area (Å²) in [5.41, 5.74) is 3.22. The van der Waals surface area contributed by atoms with Crippen LogP contribution < -0.4 is 5.32 Å². The molecule has 0 atom stereocenters. The lowest BCUT2D eigenvalue weighted by atomic mass is 10.1. The van der Waals surface area contributed by atoms with Crippen LogP contribution >= 0.6 is 27.5 Å². The van der Waals surface area contributed by atoms with Gasteiger partial charge in [0.05, 0.1) is 6.42 Å². The molecule has 2 aromatic carbocycles. The van der Waals surface area contributed by atoms with Crippen LogP contribution in [0.1, 0.15) is 16.7 Å². The summed E-state index contributed by atoms with van der Waals surface area (Å²) in [7, 11) is 0. The lowest BCUT2D eigenvalue weighted by Gasteiger charge is -2.07. The molecule has 1 N–H and O–H groups in total. The first-order valence-corrected chi connectivity index (χ1v) is 7.82. The molecule has 1 amide bonds. The van der Waals surface area contributed by atoms with Crippen LogP contribution in [0.2, 0.25) is 5.02 Å². The van der Waals surface area contributed by atoms with Crippen LogP contribution in [0.4, 0.5) is 0 Å². The summed E-state index contributed by atoms with van der Waals surface area (Å²) in [5.74, 6) is -0.00323. The minimum atomic E-state index is -0.00323. The van der Waals surface area contributed by atoms with Crippen molar-refractivity contribution >= 4 is 33.4 Å². The fourth-order valence-corrected chi connectivity index (χ4v) is 2.48. The zero-order valence-corrected chi connectivity index (χ0v) is 13.2. The van der Waals surface area contributed by atoms with Crippen molar-refractivity contribution in [2.24, 2.45) is 0 Å². The molecule has 0 fully saturated rings. The zero-order chi connectivity index (χ0) is 14.4. The number of rotatable bonds is 5. The molecule has 0 aliphatic carbocycles. The number of nitrogens with one attached hydrogen (secondary N) is 1.